The second-order valence-corrected chi connectivity index (χ2v) is 5.13. The maximum absolute atomic E-state index is 11.7. The Morgan fingerprint density at radius 1 is 1.40 bits per heavy atom. The number of benzene rings is 1. The molecule has 2 rings (SSSR count). The highest BCUT2D eigenvalue weighted by atomic mass is 16.5. The first-order valence-corrected chi connectivity index (χ1v) is 7.15. The zero-order valence-electron chi connectivity index (χ0n) is 12.0. The zero-order valence-corrected chi connectivity index (χ0v) is 12.0. The lowest BCUT2D eigenvalue weighted by molar-refractivity contribution is 0.0602. The van der Waals surface area contributed by atoms with E-state index in [0.29, 0.717) is 11.3 Å². The van der Waals surface area contributed by atoms with Crippen molar-refractivity contribution in [2.24, 2.45) is 0 Å². The SMILES string of the molecule is COC(=O)c1cc(N)ccc1NCCCN1CCCC1. The molecule has 0 bridgehead atoms. The molecule has 3 N–H and O–H groups in total. The Morgan fingerprint density at radius 2 is 2.15 bits per heavy atom. The van der Waals surface area contributed by atoms with Crippen LogP contribution >= 0.6 is 0 Å². The predicted octanol–water partition coefficient (Wildman–Crippen LogP) is 1.95. The summed E-state index contributed by atoms with van der Waals surface area (Å²) in [5.74, 6) is -0.362. The summed E-state index contributed by atoms with van der Waals surface area (Å²) >= 11 is 0. The largest absolute Gasteiger partial charge is 0.465 e. The minimum absolute atomic E-state index is 0.362. The average Bonchev–Trinajstić information content (AvgIpc) is 2.97. The van der Waals surface area contributed by atoms with Gasteiger partial charge in [-0.2, -0.15) is 0 Å². The maximum Gasteiger partial charge on any atom is 0.340 e. The standard InChI is InChI=1S/C15H23N3O2/c1-20-15(19)13-11-12(16)5-6-14(13)17-7-4-10-18-8-2-3-9-18/h5-6,11,17H,2-4,7-10,16H2,1H3. The number of rotatable bonds is 6. The third-order valence-electron chi connectivity index (χ3n) is 3.61. The Morgan fingerprint density at radius 3 is 2.85 bits per heavy atom. The molecule has 1 aromatic rings. The molecule has 0 radical (unpaired) electrons. The first-order chi connectivity index (χ1) is 9.70. The number of carbonyl (C=O) groups is 1. The minimum Gasteiger partial charge on any atom is -0.465 e. The molecule has 1 saturated heterocycles. The van der Waals surface area contributed by atoms with Gasteiger partial charge in [-0.15, -0.1) is 0 Å². The Labute approximate surface area is 120 Å². The molecule has 0 atom stereocenters. The van der Waals surface area contributed by atoms with Crippen LogP contribution in [0.25, 0.3) is 0 Å². The van der Waals surface area contributed by atoms with Gasteiger partial charge in [0.05, 0.1) is 12.7 Å². The van der Waals surface area contributed by atoms with E-state index in [2.05, 4.69) is 10.2 Å². The van der Waals surface area contributed by atoms with Gasteiger partial charge in [-0.25, -0.2) is 4.79 Å². The molecule has 0 saturated carbocycles. The topological polar surface area (TPSA) is 67.6 Å². The molecule has 0 aliphatic carbocycles. The smallest absolute Gasteiger partial charge is 0.340 e. The number of esters is 1. The summed E-state index contributed by atoms with van der Waals surface area (Å²) in [4.78, 5) is 14.2. The number of anilines is 2. The van der Waals surface area contributed by atoms with Crippen LogP contribution in [0.3, 0.4) is 0 Å². The Kier molecular flexibility index (Phi) is 5.24. The van der Waals surface area contributed by atoms with E-state index in [1.807, 2.05) is 6.07 Å². The second-order valence-electron chi connectivity index (χ2n) is 5.13. The van der Waals surface area contributed by atoms with Crippen LogP contribution < -0.4 is 11.1 Å². The van der Waals surface area contributed by atoms with Gasteiger partial charge in [0.1, 0.15) is 0 Å². The minimum atomic E-state index is -0.362. The molecule has 0 aromatic heterocycles. The summed E-state index contributed by atoms with van der Waals surface area (Å²) in [5.41, 5.74) is 7.56. The van der Waals surface area contributed by atoms with Gasteiger partial charge in [-0.3, -0.25) is 0 Å². The molecule has 0 amide bonds. The van der Waals surface area contributed by atoms with E-state index in [9.17, 15) is 4.79 Å². The molecule has 0 spiro atoms. The number of ether oxygens (including phenoxy) is 1. The third kappa shape index (κ3) is 3.87. The monoisotopic (exact) mass is 277 g/mol. The highest BCUT2D eigenvalue weighted by Crippen LogP contribution is 2.20. The van der Waals surface area contributed by atoms with Gasteiger partial charge in [0, 0.05) is 17.9 Å². The first-order valence-electron chi connectivity index (χ1n) is 7.15. The number of nitrogens with one attached hydrogen (secondary N) is 1. The number of hydrogen-bond donors (Lipinski definition) is 2. The van der Waals surface area contributed by atoms with Gasteiger partial charge in [0.15, 0.2) is 0 Å². The van der Waals surface area contributed by atoms with Crippen molar-refractivity contribution >= 4 is 17.3 Å². The summed E-state index contributed by atoms with van der Waals surface area (Å²) in [5, 5.41) is 3.30. The number of nitrogen functional groups attached to an aromatic ring is 1. The number of likely N-dealkylation sites (tertiary alicyclic amines) is 1. The van der Waals surface area contributed by atoms with Crippen molar-refractivity contribution in [3.05, 3.63) is 23.8 Å². The fourth-order valence-corrected chi connectivity index (χ4v) is 2.53. The van der Waals surface area contributed by atoms with Crippen LogP contribution in [-0.2, 0) is 4.74 Å². The number of methoxy groups -OCH3 is 1. The van der Waals surface area contributed by atoms with Crippen LogP contribution in [-0.4, -0.2) is 44.2 Å². The van der Waals surface area contributed by atoms with Crippen LogP contribution in [0.1, 0.15) is 29.6 Å². The van der Waals surface area contributed by atoms with Gasteiger partial charge in [-0.05, 0) is 57.1 Å². The van der Waals surface area contributed by atoms with Crippen molar-refractivity contribution in [3.8, 4) is 0 Å². The van der Waals surface area contributed by atoms with Crippen molar-refractivity contribution in [2.45, 2.75) is 19.3 Å². The molecule has 5 heteroatoms. The Bertz CT molecular complexity index is 456. The van der Waals surface area contributed by atoms with Gasteiger partial charge in [-0.1, -0.05) is 0 Å². The normalized spacial score (nSPS) is 15.2. The van der Waals surface area contributed by atoms with E-state index < -0.39 is 0 Å². The molecule has 1 aliphatic rings. The molecule has 110 valence electrons. The van der Waals surface area contributed by atoms with Crippen LogP contribution in [0.2, 0.25) is 0 Å². The van der Waals surface area contributed by atoms with Gasteiger partial charge < -0.3 is 20.7 Å². The molecule has 5 nitrogen and oxygen atoms in total. The van der Waals surface area contributed by atoms with Crippen molar-refractivity contribution < 1.29 is 9.53 Å². The number of nitrogens with two attached hydrogens (primary N) is 1. The maximum atomic E-state index is 11.7. The van der Waals surface area contributed by atoms with Gasteiger partial charge in [0.2, 0.25) is 0 Å². The Balaban J connectivity index is 1.86. The van der Waals surface area contributed by atoms with Gasteiger partial charge in [0.25, 0.3) is 0 Å². The lowest BCUT2D eigenvalue weighted by Crippen LogP contribution is -2.22. The van der Waals surface area contributed by atoms with E-state index in [1.54, 1.807) is 12.1 Å². The van der Waals surface area contributed by atoms with Crippen molar-refractivity contribution in [3.63, 3.8) is 0 Å². The van der Waals surface area contributed by atoms with Crippen molar-refractivity contribution in [1.29, 1.82) is 0 Å². The summed E-state index contributed by atoms with van der Waals surface area (Å²) in [7, 11) is 1.38. The quantitative estimate of drug-likeness (QED) is 0.472. The van der Waals surface area contributed by atoms with E-state index in [1.165, 1.54) is 33.0 Å². The predicted molar refractivity (Wildman–Crippen MR) is 81.0 cm³/mol. The molecule has 20 heavy (non-hydrogen) atoms. The van der Waals surface area contributed by atoms with Crippen LogP contribution in [0.15, 0.2) is 18.2 Å². The van der Waals surface area contributed by atoms with Crippen molar-refractivity contribution in [1.82, 2.24) is 4.90 Å². The number of hydrogen-bond acceptors (Lipinski definition) is 5. The summed E-state index contributed by atoms with van der Waals surface area (Å²) in [6.07, 6.45) is 3.70. The lowest BCUT2D eigenvalue weighted by Gasteiger charge is -2.15. The van der Waals surface area contributed by atoms with E-state index in [0.717, 1.165) is 25.2 Å². The summed E-state index contributed by atoms with van der Waals surface area (Å²) in [6.45, 7) is 4.38. The summed E-state index contributed by atoms with van der Waals surface area (Å²) in [6, 6.07) is 5.27. The van der Waals surface area contributed by atoms with Gasteiger partial charge >= 0.3 is 5.97 Å². The molecule has 1 heterocycles. The van der Waals surface area contributed by atoms with Crippen LogP contribution in [0.4, 0.5) is 11.4 Å². The van der Waals surface area contributed by atoms with Crippen LogP contribution in [0.5, 0.6) is 0 Å². The zero-order chi connectivity index (χ0) is 14.4. The molecular weight excluding hydrogens is 254 g/mol. The van der Waals surface area contributed by atoms with E-state index >= 15 is 0 Å². The molecule has 1 aromatic carbocycles. The Hall–Kier alpha value is -1.75. The third-order valence-corrected chi connectivity index (χ3v) is 3.61. The fraction of sp³-hybridized carbons (Fsp3) is 0.533. The van der Waals surface area contributed by atoms with E-state index in [-0.39, 0.29) is 5.97 Å². The molecule has 1 fully saturated rings. The van der Waals surface area contributed by atoms with Crippen molar-refractivity contribution in [2.75, 3.05) is 44.3 Å². The highest BCUT2D eigenvalue weighted by Gasteiger charge is 2.13. The summed E-state index contributed by atoms with van der Waals surface area (Å²) < 4.78 is 4.78. The number of nitrogens with zero attached hydrogens (tertiary/aromatic N) is 1. The molecule has 1 aliphatic heterocycles. The average molecular weight is 277 g/mol. The van der Waals surface area contributed by atoms with E-state index in [4.69, 9.17) is 10.5 Å². The lowest BCUT2D eigenvalue weighted by atomic mass is 10.1. The first kappa shape index (κ1) is 14.7. The second kappa shape index (κ2) is 7.14. The van der Waals surface area contributed by atoms with Crippen LogP contribution in [0, 0.1) is 0 Å². The highest BCUT2D eigenvalue weighted by molar-refractivity contribution is 5.96. The number of carbonyl (C=O) groups excluding carboxylic acids is 1. The molecular formula is C15H23N3O2. The fourth-order valence-electron chi connectivity index (χ4n) is 2.53. The molecule has 0 unspecified atom stereocenters.